The normalized spacial score (nSPS) is 31.6. The molecule has 0 fully saturated rings. The Morgan fingerprint density at radius 2 is 1.88 bits per heavy atom. The average molecular weight is 428 g/mol. The largest absolute Gasteiger partial charge is 0.359 e. The maximum Gasteiger partial charge on any atom is 0.0571 e. The van der Waals surface area contributed by atoms with Gasteiger partial charge in [0, 0.05) is 29.1 Å². The molecule has 2 heterocycles. The Bertz CT molecular complexity index is 1090. The molecule has 0 N–H and O–H groups in total. The molecule has 170 valence electrons. The zero-order valence-electron chi connectivity index (χ0n) is 21.5. The van der Waals surface area contributed by atoms with Crippen LogP contribution in [0.2, 0.25) is 0 Å². The van der Waals surface area contributed by atoms with Crippen molar-refractivity contribution in [1.82, 2.24) is 0 Å². The van der Waals surface area contributed by atoms with E-state index in [1.807, 2.05) is 0 Å². The monoisotopic (exact) mass is 427 g/mol. The van der Waals surface area contributed by atoms with Crippen molar-refractivity contribution in [2.24, 2.45) is 16.2 Å². The van der Waals surface area contributed by atoms with Gasteiger partial charge >= 0.3 is 0 Å². The van der Waals surface area contributed by atoms with Gasteiger partial charge in [-0.2, -0.15) is 0 Å². The molecular weight excluding hydrogens is 386 g/mol. The highest BCUT2D eigenvalue weighted by atomic mass is 15.2. The van der Waals surface area contributed by atoms with Crippen LogP contribution in [0.15, 0.2) is 42.0 Å². The van der Waals surface area contributed by atoms with Crippen LogP contribution in [0, 0.1) is 23.2 Å². The number of allylic oxidation sites excluding steroid dienone is 4. The maximum atomic E-state index is 2.80. The van der Waals surface area contributed by atoms with Crippen molar-refractivity contribution in [2.75, 3.05) is 11.4 Å². The van der Waals surface area contributed by atoms with Crippen LogP contribution in [0.5, 0.6) is 0 Å². The minimum atomic E-state index is 0.0798. The van der Waals surface area contributed by atoms with Crippen LogP contribution in [0.4, 0.5) is 5.69 Å². The first-order chi connectivity index (χ1) is 15.1. The van der Waals surface area contributed by atoms with E-state index in [1.54, 1.807) is 22.4 Å². The fourth-order valence-corrected chi connectivity index (χ4v) is 7.90. The Labute approximate surface area is 196 Å². The van der Waals surface area contributed by atoms with Gasteiger partial charge in [0.15, 0.2) is 0 Å². The molecule has 0 bridgehead atoms. The fourth-order valence-electron chi connectivity index (χ4n) is 7.90. The Morgan fingerprint density at radius 1 is 1.12 bits per heavy atom. The number of hydrogen-bond acceptors (Lipinski definition) is 1. The van der Waals surface area contributed by atoms with Crippen LogP contribution >= 0.6 is 0 Å². The lowest BCUT2D eigenvalue weighted by atomic mass is 9.59. The Balaban J connectivity index is 1.88. The van der Waals surface area contributed by atoms with Gasteiger partial charge in [0.1, 0.15) is 0 Å². The third-order valence-electron chi connectivity index (χ3n) is 8.97. The summed E-state index contributed by atoms with van der Waals surface area (Å²) in [6.07, 6.45) is 18.1. The van der Waals surface area contributed by atoms with E-state index in [-0.39, 0.29) is 16.2 Å². The molecule has 3 unspecified atom stereocenters. The van der Waals surface area contributed by atoms with Gasteiger partial charge in [0.05, 0.1) is 6.04 Å². The summed E-state index contributed by atoms with van der Waals surface area (Å²) in [5, 5.41) is 0. The van der Waals surface area contributed by atoms with Gasteiger partial charge in [-0.15, -0.1) is 0 Å². The summed E-state index contributed by atoms with van der Waals surface area (Å²) in [7, 11) is 0. The lowest BCUT2D eigenvalue weighted by Crippen LogP contribution is -2.54. The van der Waals surface area contributed by atoms with E-state index in [1.165, 1.54) is 23.1 Å². The van der Waals surface area contributed by atoms with Crippen molar-refractivity contribution in [2.45, 2.75) is 86.6 Å². The molecule has 0 saturated carbocycles. The number of fused-ring (bicyclic) bond motifs is 1. The van der Waals surface area contributed by atoms with Crippen LogP contribution < -0.4 is 4.90 Å². The molecule has 32 heavy (non-hydrogen) atoms. The summed E-state index contributed by atoms with van der Waals surface area (Å²) in [4.78, 5) is 2.80. The number of rotatable bonds is 3. The molecule has 0 spiro atoms. The van der Waals surface area contributed by atoms with Gasteiger partial charge in [-0.05, 0) is 77.8 Å². The summed E-state index contributed by atoms with van der Waals surface area (Å²) in [5.41, 5.74) is 11.5. The second kappa shape index (κ2) is 6.99. The predicted molar refractivity (Wildman–Crippen MR) is 140 cm³/mol. The molecule has 1 heteroatoms. The molecule has 1 aromatic carbocycles. The van der Waals surface area contributed by atoms with Crippen LogP contribution in [0.1, 0.15) is 95.9 Å². The molecule has 0 radical (unpaired) electrons. The standard InChI is InChI=1S/C31H41N/c1-9-11-16-31(8)23-15-12-14-21-20(3)17-22-27-24(29(4,5)19-30(27,6)7)18-32(25(31)13-10-2)28(22)26(21)23/h10-14,16-17,23,25H,9,15,18-19H2,1-8H3. The minimum absolute atomic E-state index is 0.0798. The van der Waals surface area contributed by atoms with E-state index < -0.39 is 0 Å². The summed E-state index contributed by atoms with van der Waals surface area (Å²) >= 11 is 0. The molecule has 1 aromatic rings. The van der Waals surface area contributed by atoms with Gasteiger partial charge in [-0.3, -0.25) is 0 Å². The van der Waals surface area contributed by atoms with Crippen molar-refractivity contribution in [3.63, 3.8) is 0 Å². The van der Waals surface area contributed by atoms with Crippen molar-refractivity contribution in [1.29, 1.82) is 0 Å². The number of nitrogens with zero attached hydrogens (tertiary/aromatic N) is 1. The summed E-state index contributed by atoms with van der Waals surface area (Å²) < 4.78 is 0. The zero-order valence-corrected chi connectivity index (χ0v) is 21.5. The third-order valence-corrected chi connectivity index (χ3v) is 8.97. The molecule has 0 amide bonds. The van der Waals surface area contributed by atoms with E-state index in [2.05, 4.69) is 103 Å². The summed E-state index contributed by atoms with van der Waals surface area (Å²) in [5.74, 6) is 0.524. The third kappa shape index (κ3) is 2.76. The number of anilines is 1. The van der Waals surface area contributed by atoms with E-state index in [0.717, 1.165) is 19.4 Å². The molecule has 3 atom stereocenters. The highest BCUT2D eigenvalue weighted by molar-refractivity contribution is 5.93. The lowest BCUT2D eigenvalue weighted by Gasteiger charge is -2.56. The van der Waals surface area contributed by atoms with Gasteiger partial charge in [-0.1, -0.05) is 78.0 Å². The summed E-state index contributed by atoms with van der Waals surface area (Å²) in [6.45, 7) is 20.3. The Morgan fingerprint density at radius 3 is 2.56 bits per heavy atom. The first-order valence-electron chi connectivity index (χ1n) is 12.7. The van der Waals surface area contributed by atoms with Crippen molar-refractivity contribution >= 4 is 17.3 Å². The molecule has 5 rings (SSSR count). The SMILES string of the molecule is CC=CC1N2CC3=C(c4cc(C)c5c(c42)C(CC=C5)C1(C)C=CCC)C(C)(C)CC3(C)C. The van der Waals surface area contributed by atoms with Crippen molar-refractivity contribution in [3.8, 4) is 0 Å². The Kier molecular flexibility index (Phi) is 4.76. The fraction of sp³-hybridized carbons (Fsp3) is 0.548. The van der Waals surface area contributed by atoms with Gasteiger partial charge < -0.3 is 4.90 Å². The second-order valence-electron chi connectivity index (χ2n) is 12.2. The molecule has 1 nitrogen and oxygen atoms in total. The lowest BCUT2D eigenvalue weighted by molar-refractivity contribution is 0.269. The molecule has 4 aliphatic rings. The van der Waals surface area contributed by atoms with Gasteiger partial charge in [-0.25, -0.2) is 0 Å². The first-order valence-corrected chi connectivity index (χ1v) is 12.7. The highest BCUT2D eigenvalue weighted by Gasteiger charge is 2.54. The highest BCUT2D eigenvalue weighted by Crippen LogP contribution is 2.65. The Hall–Kier alpha value is -2.02. The molecule has 2 aliphatic heterocycles. The number of benzene rings is 1. The number of hydrogen-bond donors (Lipinski definition) is 0. The van der Waals surface area contributed by atoms with E-state index in [4.69, 9.17) is 0 Å². The van der Waals surface area contributed by atoms with E-state index in [9.17, 15) is 0 Å². The van der Waals surface area contributed by atoms with Crippen LogP contribution in [-0.4, -0.2) is 12.6 Å². The minimum Gasteiger partial charge on any atom is -0.359 e. The van der Waals surface area contributed by atoms with Crippen LogP contribution in [-0.2, 0) is 0 Å². The quantitative estimate of drug-likeness (QED) is 0.437. The topological polar surface area (TPSA) is 3.24 Å². The first kappa shape index (κ1) is 21.8. The molecule has 0 saturated heterocycles. The second-order valence-corrected chi connectivity index (χ2v) is 12.2. The molecular formula is C31H41N. The smallest absolute Gasteiger partial charge is 0.0571 e. The molecule has 2 aliphatic carbocycles. The van der Waals surface area contributed by atoms with Crippen LogP contribution in [0.25, 0.3) is 11.6 Å². The van der Waals surface area contributed by atoms with Crippen molar-refractivity contribution < 1.29 is 0 Å². The van der Waals surface area contributed by atoms with E-state index in [0.29, 0.717) is 12.0 Å². The maximum absolute atomic E-state index is 2.80. The predicted octanol–water partition coefficient (Wildman–Crippen LogP) is 8.46. The molecule has 0 aromatic heterocycles. The van der Waals surface area contributed by atoms with Gasteiger partial charge in [0.2, 0.25) is 0 Å². The number of aryl methyl sites for hydroxylation is 1. The zero-order chi connectivity index (χ0) is 23.1. The van der Waals surface area contributed by atoms with Gasteiger partial charge in [0.25, 0.3) is 0 Å². The average Bonchev–Trinajstić information content (AvgIpc) is 2.92. The van der Waals surface area contributed by atoms with Crippen molar-refractivity contribution in [3.05, 3.63) is 64.3 Å². The summed E-state index contributed by atoms with van der Waals surface area (Å²) in [6, 6.07) is 2.91. The van der Waals surface area contributed by atoms with E-state index >= 15 is 0 Å². The van der Waals surface area contributed by atoms with Crippen LogP contribution in [0.3, 0.4) is 0 Å².